The molecule has 0 aliphatic carbocycles. The Labute approximate surface area is 99.3 Å². The first-order valence-electron chi connectivity index (χ1n) is 5.49. The molecule has 2 atom stereocenters. The fraction of sp³-hybridized carbons (Fsp3) is 0.583. The maximum absolute atomic E-state index is 11.5. The Morgan fingerprint density at radius 1 is 1.47 bits per heavy atom. The molecule has 0 aromatic carbocycles. The van der Waals surface area contributed by atoms with E-state index in [-0.39, 0.29) is 0 Å². The van der Waals surface area contributed by atoms with Gasteiger partial charge in [0.2, 0.25) is 0 Å². The first-order chi connectivity index (χ1) is 8.05. The Morgan fingerprint density at radius 3 is 2.71 bits per heavy atom. The lowest BCUT2D eigenvalue weighted by atomic mass is 9.98. The molecular weight excluding hydrogens is 224 g/mol. The molecule has 0 bridgehead atoms. The van der Waals surface area contributed by atoms with E-state index in [0.29, 0.717) is 23.5 Å². The highest BCUT2D eigenvalue weighted by Gasteiger charge is 2.45. The minimum Gasteiger partial charge on any atom is -0.496 e. The summed E-state index contributed by atoms with van der Waals surface area (Å²) in [5.41, 5.74) is -0.427. The van der Waals surface area contributed by atoms with E-state index in [1.807, 2.05) is 13.8 Å². The fourth-order valence-corrected chi connectivity index (χ4v) is 2.03. The summed E-state index contributed by atoms with van der Waals surface area (Å²) in [5, 5.41) is 0. The molecule has 0 saturated carbocycles. The molecule has 2 heterocycles. The predicted molar refractivity (Wildman–Crippen MR) is 60.0 cm³/mol. The number of methoxy groups -OCH3 is 2. The van der Waals surface area contributed by atoms with Crippen molar-refractivity contribution in [1.82, 2.24) is 0 Å². The van der Waals surface area contributed by atoms with Crippen molar-refractivity contribution in [3.05, 3.63) is 27.8 Å². The van der Waals surface area contributed by atoms with Crippen LogP contribution in [0.4, 0.5) is 0 Å². The lowest BCUT2D eigenvalue weighted by molar-refractivity contribution is -0.186. The van der Waals surface area contributed by atoms with Gasteiger partial charge in [0.1, 0.15) is 11.4 Å². The molecule has 0 N–H and O–H groups in total. The average molecular weight is 240 g/mol. The molecule has 94 valence electrons. The molecule has 0 fully saturated rings. The third kappa shape index (κ3) is 1.75. The van der Waals surface area contributed by atoms with Gasteiger partial charge in [-0.25, -0.2) is 4.79 Å². The van der Waals surface area contributed by atoms with Gasteiger partial charge in [-0.05, 0) is 13.3 Å². The Hall–Kier alpha value is -1.33. The molecule has 0 saturated heterocycles. The third-order valence-corrected chi connectivity index (χ3v) is 3.15. The number of hydrogen-bond donors (Lipinski definition) is 0. The van der Waals surface area contributed by atoms with Crippen molar-refractivity contribution >= 4 is 0 Å². The van der Waals surface area contributed by atoms with Gasteiger partial charge in [-0.15, -0.1) is 0 Å². The smallest absolute Gasteiger partial charge is 0.339 e. The molecule has 1 aromatic rings. The highest BCUT2D eigenvalue weighted by molar-refractivity contribution is 5.40. The van der Waals surface area contributed by atoms with Crippen molar-refractivity contribution in [2.24, 2.45) is 0 Å². The van der Waals surface area contributed by atoms with Crippen LogP contribution in [0.15, 0.2) is 15.3 Å². The Morgan fingerprint density at radius 2 is 2.18 bits per heavy atom. The van der Waals surface area contributed by atoms with Gasteiger partial charge in [0.15, 0.2) is 12.1 Å². The molecule has 0 amide bonds. The van der Waals surface area contributed by atoms with Crippen LogP contribution < -0.4 is 10.4 Å². The summed E-state index contributed by atoms with van der Waals surface area (Å²) >= 11 is 0. The molecule has 5 heteroatoms. The van der Waals surface area contributed by atoms with Gasteiger partial charge in [-0.3, -0.25) is 0 Å². The van der Waals surface area contributed by atoms with Crippen molar-refractivity contribution in [3.8, 4) is 5.75 Å². The summed E-state index contributed by atoms with van der Waals surface area (Å²) in [4.78, 5) is 11.5. The van der Waals surface area contributed by atoms with Crippen molar-refractivity contribution < 1.29 is 18.6 Å². The van der Waals surface area contributed by atoms with Crippen molar-refractivity contribution in [3.63, 3.8) is 0 Å². The first-order valence-corrected chi connectivity index (χ1v) is 5.49. The van der Waals surface area contributed by atoms with Gasteiger partial charge in [0, 0.05) is 7.11 Å². The van der Waals surface area contributed by atoms with Crippen LogP contribution in [0, 0.1) is 0 Å². The van der Waals surface area contributed by atoms with E-state index in [1.165, 1.54) is 13.2 Å². The lowest BCUT2D eigenvalue weighted by Crippen LogP contribution is -2.21. The van der Waals surface area contributed by atoms with Gasteiger partial charge in [0.25, 0.3) is 0 Å². The largest absolute Gasteiger partial charge is 0.496 e. The highest BCUT2D eigenvalue weighted by Crippen LogP contribution is 2.48. The van der Waals surface area contributed by atoms with E-state index in [1.54, 1.807) is 7.11 Å². The van der Waals surface area contributed by atoms with Gasteiger partial charge in [-0.2, -0.15) is 0 Å². The number of rotatable bonds is 3. The van der Waals surface area contributed by atoms with Gasteiger partial charge in [0.05, 0.1) is 18.7 Å². The first kappa shape index (κ1) is 12.1. The number of ether oxygens (including phenoxy) is 3. The van der Waals surface area contributed by atoms with Crippen LogP contribution >= 0.6 is 0 Å². The molecule has 17 heavy (non-hydrogen) atoms. The maximum atomic E-state index is 11.5. The lowest BCUT2D eigenvalue weighted by Gasteiger charge is -2.21. The second-order valence-corrected chi connectivity index (χ2v) is 4.15. The quantitative estimate of drug-likeness (QED) is 0.808. The van der Waals surface area contributed by atoms with Gasteiger partial charge < -0.3 is 18.6 Å². The van der Waals surface area contributed by atoms with Crippen molar-refractivity contribution in [1.29, 1.82) is 0 Å². The summed E-state index contributed by atoms with van der Waals surface area (Å²) in [7, 11) is 3.05. The molecular formula is C12H16O5. The van der Waals surface area contributed by atoms with E-state index in [4.69, 9.17) is 18.6 Å². The van der Waals surface area contributed by atoms with Crippen LogP contribution in [0.3, 0.4) is 0 Å². The average Bonchev–Trinajstić information content (AvgIpc) is 2.62. The van der Waals surface area contributed by atoms with Crippen LogP contribution in [0.5, 0.6) is 5.75 Å². The zero-order chi connectivity index (χ0) is 12.6. The molecule has 2 rings (SSSR count). The Balaban J connectivity index is 2.68. The monoisotopic (exact) mass is 240 g/mol. The SMILES string of the molecule is CC[C@@]1(C)O[C@@H](OC)c2c(OC)cc(=O)oc21. The van der Waals surface area contributed by atoms with Crippen LogP contribution in [0.2, 0.25) is 0 Å². The Kier molecular flexibility index (Phi) is 2.97. The van der Waals surface area contributed by atoms with Crippen molar-refractivity contribution in [2.75, 3.05) is 14.2 Å². The summed E-state index contributed by atoms with van der Waals surface area (Å²) < 4.78 is 21.5. The molecule has 1 aliphatic heterocycles. The Bertz CT molecular complexity index is 478. The molecule has 0 radical (unpaired) electrons. The van der Waals surface area contributed by atoms with Gasteiger partial charge in [-0.1, -0.05) is 6.92 Å². The molecule has 5 nitrogen and oxygen atoms in total. The standard InChI is InChI=1S/C12H16O5/c1-5-12(2)10-9(11(15-4)17-12)7(14-3)6-8(13)16-10/h6,11H,5H2,1-4H3/t11-,12-/m1/s1. The maximum Gasteiger partial charge on any atom is 0.339 e. The summed E-state index contributed by atoms with van der Waals surface area (Å²) in [6, 6.07) is 1.30. The van der Waals surface area contributed by atoms with Crippen LogP contribution in [-0.4, -0.2) is 14.2 Å². The predicted octanol–water partition coefficient (Wildman–Crippen LogP) is 1.95. The summed E-state index contributed by atoms with van der Waals surface area (Å²) in [6.45, 7) is 3.83. The van der Waals surface area contributed by atoms with Crippen molar-refractivity contribution in [2.45, 2.75) is 32.2 Å². The van der Waals surface area contributed by atoms with E-state index < -0.39 is 17.5 Å². The number of fused-ring (bicyclic) bond motifs is 1. The molecule has 1 aliphatic rings. The molecule has 0 spiro atoms. The number of hydrogen-bond acceptors (Lipinski definition) is 5. The van der Waals surface area contributed by atoms with E-state index in [9.17, 15) is 4.79 Å². The zero-order valence-electron chi connectivity index (χ0n) is 10.4. The van der Waals surface area contributed by atoms with E-state index in [2.05, 4.69) is 0 Å². The van der Waals surface area contributed by atoms with Crippen LogP contribution in [0.25, 0.3) is 0 Å². The van der Waals surface area contributed by atoms with E-state index in [0.717, 1.165) is 0 Å². The van der Waals surface area contributed by atoms with Crippen LogP contribution in [-0.2, 0) is 15.1 Å². The normalized spacial score (nSPS) is 26.9. The van der Waals surface area contributed by atoms with Gasteiger partial charge >= 0.3 is 5.63 Å². The third-order valence-electron chi connectivity index (χ3n) is 3.15. The minimum absolute atomic E-state index is 0.444. The second kappa shape index (κ2) is 4.16. The highest BCUT2D eigenvalue weighted by atomic mass is 16.7. The summed E-state index contributed by atoms with van der Waals surface area (Å²) in [5.74, 6) is 0.941. The summed E-state index contributed by atoms with van der Waals surface area (Å²) in [6.07, 6.45) is 0.116. The second-order valence-electron chi connectivity index (χ2n) is 4.15. The molecule has 1 aromatic heterocycles. The van der Waals surface area contributed by atoms with Crippen LogP contribution in [0.1, 0.15) is 37.9 Å². The minimum atomic E-state index is -0.649. The topological polar surface area (TPSA) is 57.9 Å². The zero-order valence-corrected chi connectivity index (χ0v) is 10.4. The van der Waals surface area contributed by atoms with E-state index >= 15 is 0 Å². The molecule has 0 unspecified atom stereocenters. The fourth-order valence-electron chi connectivity index (χ4n) is 2.03.